The van der Waals surface area contributed by atoms with Gasteiger partial charge in [0, 0.05) is 49.9 Å². The summed E-state index contributed by atoms with van der Waals surface area (Å²) < 4.78 is 47.1. The molecule has 1 fully saturated rings. The van der Waals surface area contributed by atoms with Gasteiger partial charge in [0.2, 0.25) is 11.8 Å². The van der Waals surface area contributed by atoms with Crippen molar-refractivity contribution in [3.63, 3.8) is 0 Å². The fraction of sp³-hybridized carbons (Fsp3) is 0.250. The van der Waals surface area contributed by atoms with Crippen molar-refractivity contribution in [3.8, 4) is 28.4 Å². The molecule has 0 saturated carbocycles. The predicted molar refractivity (Wildman–Crippen MR) is 162 cm³/mol. The van der Waals surface area contributed by atoms with Gasteiger partial charge in [-0.05, 0) is 42.0 Å². The summed E-state index contributed by atoms with van der Waals surface area (Å²) in [6.07, 6.45) is 3.86. The van der Waals surface area contributed by atoms with E-state index in [9.17, 15) is 14.0 Å². The minimum atomic E-state index is -0.905. The van der Waals surface area contributed by atoms with Gasteiger partial charge in [-0.1, -0.05) is 12.6 Å². The molecular formula is C32H31F2N5O5. The van der Waals surface area contributed by atoms with Gasteiger partial charge in [0.1, 0.15) is 35.5 Å². The van der Waals surface area contributed by atoms with Crippen LogP contribution in [0.2, 0.25) is 0 Å². The Morgan fingerprint density at radius 2 is 1.75 bits per heavy atom. The maximum absolute atomic E-state index is 15.3. The van der Waals surface area contributed by atoms with Crippen molar-refractivity contribution in [1.29, 1.82) is 0 Å². The monoisotopic (exact) mass is 603 g/mol. The summed E-state index contributed by atoms with van der Waals surface area (Å²) >= 11 is 0. The molecule has 0 aliphatic carbocycles. The molecule has 12 heteroatoms. The van der Waals surface area contributed by atoms with E-state index in [1.54, 1.807) is 42.3 Å². The van der Waals surface area contributed by atoms with Crippen molar-refractivity contribution in [1.82, 2.24) is 14.9 Å². The van der Waals surface area contributed by atoms with Crippen LogP contribution in [-0.4, -0.2) is 60.1 Å². The highest BCUT2D eigenvalue weighted by atomic mass is 19.1. The van der Waals surface area contributed by atoms with Crippen LogP contribution >= 0.6 is 0 Å². The summed E-state index contributed by atoms with van der Waals surface area (Å²) in [5.74, 6) is -0.643. The largest absolute Gasteiger partial charge is 0.495 e. The van der Waals surface area contributed by atoms with Crippen LogP contribution in [0.25, 0.3) is 22.0 Å². The summed E-state index contributed by atoms with van der Waals surface area (Å²) in [4.78, 5) is 34.1. The van der Waals surface area contributed by atoms with Gasteiger partial charge >= 0.3 is 0 Å². The number of nitrogens with one attached hydrogen (secondary N) is 2. The fourth-order valence-electron chi connectivity index (χ4n) is 5.08. The Bertz CT molecular complexity index is 1740. The average Bonchev–Trinajstić information content (AvgIpc) is 3.03. The van der Waals surface area contributed by atoms with Gasteiger partial charge in [-0.25, -0.2) is 18.7 Å². The Hall–Kier alpha value is -5.26. The summed E-state index contributed by atoms with van der Waals surface area (Å²) in [6.45, 7) is 5.84. The lowest BCUT2D eigenvalue weighted by atomic mass is 10.0. The van der Waals surface area contributed by atoms with Crippen LogP contribution in [0.1, 0.15) is 19.8 Å². The van der Waals surface area contributed by atoms with E-state index in [-0.39, 0.29) is 17.6 Å². The molecule has 1 aliphatic heterocycles. The molecule has 2 amide bonds. The summed E-state index contributed by atoms with van der Waals surface area (Å²) in [6, 6.07) is 10.8. The summed E-state index contributed by atoms with van der Waals surface area (Å²) in [5, 5.41) is 6.09. The molecule has 0 atom stereocenters. The smallest absolute Gasteiger partial charge is 0.245 e. The molecule has 0 radical (unpaired) electrons. The zero-order chi connectivity index (χ0) is 31.4. The first-order valence-electron chi connectivity index (χ1n) is 13.8. The number of fused-ring (bicyclic) bond motifs is 1. The van der Waals surface area contributed by atoms with Crippen LogP contribution < -0.4 is 24.8 Å². The van der Waals surface area contributed by atoms with Crippen LogP contribution in [-0.2, 0) is 9.59 Å². The maximum Gasteiger partial charge on any atom is 0.245 e. The van der Waals surface area contributed by atoms with E-state index >= 15 is 4.39 Å². The highest BCUT2D eigenvalue weighted by molar-refractivity contribution is 5.94. The molecule has 1 saturated heterocycles. The van der Waals surface area contributed by atoms with E-state index in [1.807, 2.05) is 0 Å². The van der Waals surface area contributed by atoms with E-state index in [4.69, 9.17) is 14.2 Å². The Balaban J connectivity index is 1.48. The molecule has 5 rings (SSSR count). The molecule has 1 aliphatic rings. The van der Waals surface area contributed by atoms with Crippen molar-refractivity contribution in [2.75, 3.05) is 37.9 Å². The van der Waals surface area contributed by atoms with Crippen molar-refractivity contribution in [2.24, 2.45) is 0 Å². The van der Waals surface area contributed by atoms with Crippen LogP contribution in [0.5, 0.6) is 17.2 Å². The number of hydrogen-bond acceptors (Lipinski definition) is 8. The fourth-order valence-corrected chi connectivity index (χ4v) is 5.08. The van der Waals surface area contributed by atoms with E-state index in [0.29, 0.717) is 71.2 Å². The number of ether oxygens (including phenoxy) is 3. The number of methoxy groups -OCH3 is 2. The first-order chi connectivity index (χ1) is 21.2. The molecule has 3 aromatic carbocycles. The van der Waals surface area contributed by atoms with Gasteiger partial charge < -0.3 is 29.7 Å². The molecule has 4 aromatic rings. The Kier molecular flexibility index (Phi) is 8.88. The van der Waals surface area contributed by atoms with Gasteiger partial charge in [0.05, 0.1) is 25.4 Å². The molecule has 2 heterocycles. The van der Waals surface area contributed by atoms with Crippen LogP contribution in [0, 0.1) is 11.6 Å². The molecule has 0 spiro atoms. The number of hydrogen-bond donors (Lipinski definition) is 2. The first-order valence-corrected chi connectivity index (χ1v) is 13.8. The Morgan fingerprint density at radius 3 is 2.43 bits per heavy atom. The molecular weight excluding hydrogens is 572 g/mol. The van der Waals surface area contributed by atoms with Crippen LogP contribution in [0.4, 0.5) is 26.0 Å². The van der Waals surface area contributed by atoms with E-state index < -0.39 is 23.2 Å². The zero-order valence-electron chi connectivity index (χ0n) is 24.4. The van der Waals surface area contributed by atoms with Crippen molar-refractivity contribution in [2.45, 2.75) is 25.9 Å². The van der Waals surface area contributed by atoms with Crippen molar-refractivity contribution >= 4 is 39.9 Å². The lowest BCUT2D eigenvalue weighted by Gasteiger charge is -2.31. The van der Waals surface area contributed by atoms with Gasteiger partial charge in [0.15, 0.2) is 17.3 Å². The quantitative estimate of drug-likeness (QED) is 0.229. The minimum absolute atomic E-state index is 0.0784. The number of piperidine rings is 1. The first kappa shape index (κ1) is 30.2. The number of likely N-dealkylation sites (tertiary alicyclic amines) is 1. The number of amides is 2. The van der Waals surface area contributed by atoms with Gasteiger partial charge in [-0.3, -0.25) is 9.59 Å². The number of benzene rings is 3. The number of nitrogens with zero attached hydrogens (tertiary/aromatic N) is 3. The molecule has 2 N–H and O–H groups in total. The second kappa shape index (κ2) is 12.9. The van der Waals surface area contributed by atoms with Crippen molar-refractivity contribution in [3.05, 3.63) is 73.1 Å². The molecule has 1 aromatic heterocycles. The number of carbonyl (C=O) groups excluding carboxylic acids is 2. The molecule has 228 valence electrons. The molecule has 0 unspecified atom stereocenters. The Labute approximate surface area is 252 Å². The number of anilines is 3. The lowest BCUT2D eigenvalue weighted by Crippen LogP contribution is -2.41. The zero-order valence-corrected chi connectivity index (χ0v) is 24.4. The number of carbonyl (C=O) groups is 2. The van der Waals surface area contributed by atoms with Crippen LogP contribution in [0.15, 0.2) is 61.4 Å². The van der Waals surface area contributed by atoms with Gasteiger partial charge in [-0.15, -0.1) is 0 Å². The predicted octanol–water partition coefficient (Wildman–Crippen LogP) is 5.85. The van der Waals surface area contributed by atoms with E-state index in [1.165, 1.54) is 32.5 Å². The van der Waals surface area contributed by atoms with E-state index in [2.05, 4.69) is 27.2 Å². The number of rotatable bonds is 9. The summed E-state index contributed by atoms with van der Waals surface area (Å²) in [7, 11) is 3.04. The maximum atomic E-state index is 15.3. The standard InChI is InChI=1S/C32H31F2N5O5/c1-5-29(41)39-12-10-20(11-13-39)44-28-15-22-24(16-27(28)43-4)35-17-36-32(22)38-25-14-19(6-9-26(25)42-3)21-7-8-23(33)31(30(21)34)37-18(2)40/h5-9,14-17,20H,1,10-13H2,2-4H3,(H,37,40)(H,35,36,38). The SMILES string of the molecule is C=CC(=O)N1CCC(Oc2cc3c(Nc4cc(-c5ccc(F)c(NC(C)=O)c5F)ccc4OC)ncnc3cc2OC)CC1. The van der Waals surface area contributed by atoms with Gasteiger partial charge in [0.25, 0.3) is 0 Å². The normalized spacial score (nSPS) is 13.3. The topological polar surface area (TPSA) is 115 Å². The van der Waals surface area contributed by atoms with E-state index in [0.717, 1.165) is 6.07 Å². The van der Waals surface area contributed by atoms with Gasteiger partial charge in [-0.2, -0.15) is 0 Å². The van der Waals surface area contributed by atoms with Crippen molar-refractivity contribution < 1.29 is 32.6 Å². The third-order valence-electron chi connectivity index (χ3n) is 7.30. The lowest BCUT2D eigenvalue weighted by molar-refractivity contribution is -0.127. The number of aromatic nitrogens is 2. The Morgan fingerprint density at radius 1 is 1.00 bits per heavy atom. The molecule has 44 heavy (non-hydrogen) atoms. The second-order valence-electron chi connectivity index (χ2n) is 10.1. The molecule has 0 bridgehead atoms. The summed E-state index contributed by atoms with van der Waals surface area (Å²) in [5.41, 5.74) is 0.990. The number of halogens is 2. The second-order valence-corrected chi connectivity index (χ2v) is 10.1. The highest BCUT2D eigenvalue weighted by Crippen LogP contribution is 2.39. The average molecular weight is 604 g/mol. The third-order valence-corrected chi connectivity index (χ3v) is 7.30. The third kappa shape index (κ3) is 6.24. The highest BCUT2D eigenvalue weighted by Gasteiger charge is 2.24. The minimum Gasteiger partial charge on any atom is -0.495 e. The van der Waals surface area contributed by atoms with Crippen LogP contribution in [0.3, 0.4) is 0 Å². The molecule has 10 nitrogen and oxygen atoms in total.